The van der Waals surface area contributed by atoms with Gasteiger partial charge < -0.3 is 9.80 Å². The number of carbonyl (C=O) groups excluding carboxylic acids is 2. The third-order valence-electron chi connectivity index (χ3n) is 3.73. The first-order valence-corrected chi connectivity index (χ1v) is 9.54. The lowest BCUT2D eigenvalue weighted by Crippen LogP contribution is -2.47. The lowest BCUT2D eigenvalue weighted by atomic mass is 10.2. The van der Waals surface area contributed by atoms with Crippen LogP contribution < -0.4 is 0 Å². The van der Waals surface area contributed by atoms with Crippen LogP contribution in [-0.4, -0.2) is 57.5 Å². The molecule has 3 rings (SSSR count). The highest BCUT2D eigenvalue weighted by Gasteiger charge is 2.37. The van der Waals surface area contributed by atoms with E-state index in [1.165, 1.54) is 0 Å². The Balaban J connectivity index is 1.66. The zero-order valence-electron chi connectivity index (χ0n) is 12.2. The van der Waals surface area contributed by atoms with E-state index >= 15 is 0 Å². The predicted octanol–water partition coefficient (Wildman–Crippen LogP) is 2.13. The first kappa shape index (κ1) is 15.5. The normalized spacial score (nSPS) is 21.7. The summed E-state index contributed by atoms with van der Waals surface area (Å²) in [5.41, 5.74) is 0.988. The highest BCUT2D eigenvalue weighted by atomic mass is 32.2. The molecule has 2 saturated heterocycles. The Morgan fingerprint density at radius 2 is 1.95 bits per heavy atom. The summed E-state index contributed by atoms with van der Waals surface area (Å²) in [6.45, 7) is 0.798. The van der Waals surface area contributed by atoms with Gasteiger partial charge in [0.25, 0.3) is 0 Å². The fraction of sp³-hybridized carbons (Fsp3) is 0.375. The Morgan fingerprint density at radius 3 is 2.68 bits per heavy atom. The van der Waals surface area contributed by atoms with Crippen molar-refractivity contribution < 1.29 is 9.59 Å². The molecule has 1 aromatic carbocycles. The molecule has 2 aliphatic rings. The zero-order chi connectivity index (χ0) is 15.4. The smallest absolute Gasteiger partial charge is 0.247 e. The molecule has 1 atom stereocenters. The molecule has 2 heterocycles. The number of carbonyl (C=O) groups is 2. The fourth-order valence-corrected chi connectivity index (χ4v) is 4.60. The van der Waals surface area contributed by atoms with Crippen LogP contribution in [0.1, 0.15) is 5.56 Å². The Bertz CT molecular complexity index is 571. The van der Waals surface area contributed by atoms with Gasteiger partial charge in [0.15, 0.2) is 0 Å². The van der Waals surface area contributed by atoms with Gasteiger partial charge in [0.05, 0.1) is 11.8 Å². The third kappa shape index (κ3) is 3.50. The molecule has 0 radical (unpaired) electrons. The summed E-state index contributed by atoms with van der Waals surface area (Å²) in [7, 11) is 0. The molecule has 2 aliphatic heterocycles. The second-order valence-corrected chi connectivity index (χ2v) is 7.28. The van der Waals surface area contributed by atoms with Crippen LogP contribution in [0.5, 0.6) is 0 Å². The molecule has 0 aliphatic carbocycles. The Kier molecular flexibility index (Phi) is 5.10. The van der Waals surface area contributed by atoms with Gasteiger partial charge in [-0.3, -0.25) is 9.59 Å². The molecule has 4 nitrogen and oxygen atoms in total. The van der Waals surface area contributed by atoms with Gasteiger partial charge in [-0.2, -0.15) is 0 Å². The van der Waals surface area contributed by atoms with E-state index in [2.05, 4.69) is 0 Å². The monoisotopic (exact) mass is 334 g/mol. The van der Waals surface area contributed by atoms with Crippen molar-refractivity contribution in [1.29, 1.82) is 0 Å². The van der Waals surface area contributed by atoms with Gasteiger partial charge in [-0.1, -0.05) is 30.3 Å². The number of benzene rings is 1. The number of nitrogens with zero attached hydrogens (tertiary/aromatic N) is 2. The summed E-state index contributed by atoms with van der Waals surface area (Å²) >= 11 is 3.41. The van der Waals surface area contributed by atoms with E-state index in [1.807, 2.05) is 35.2 Å². The van der Waals surface area contributed by atoms with Crippen molar-refractivity contribution >= 4 is 41.4 Å². The van der Waals surface area contributed by atoms with Crippen LogP contribution in [0.2, 0.25) is 0 Å². The van der Waals surface area contributed by atoms with Crippen LogP contribution in [0.4, 0.5) is 0 Å². The minimum atomic E-state index is -0.309. The van der Waals surface area contributed by atoms with Gasteiger partial charge >= 0.3 is 0 Å². The highest BCUT2D eigenvalue weighted by Crippen LogP contribution is 2.25. The molecule has 1 unspecified atom stereocenters. The van der Waals surface area contributed by atoms with Crippen LogP contribution >= 0.6 is 23.5 Å². The zero-order valence-corrected chi connectivity index (χ0v) is 13.8. The minimum Gasteiger partial charge on any atom is -0.331 e. The maximum Gasteiger partial charge on any atom is 0.247 e. The molecule has 2 amide bonds. The number of rotatable bonds is 3. The van der Waals surface area contributed by atoms with Crippen molar-refractivity contribution in [3.8, 4) is 0 Å². The molecular formula is C16H18N2O2S2. The van der Waals surface area contributed by atoms with Crippen LogP contribution in [0.3, 0.4) is 0 Å². The SMILES string of the molecule is O=C(C1CSCN1C(=O)C=Cc1ccccc1)N1CCSC1. The number of amides is 2. The van der Waals surface area contributed by atoms with Gasteiger partial charge in [-0.05, 0) is 11.6 Å². The van der Waals surface area contributed by atoms with Crippen LogP contribution in [0.15, 0.2) is 36.4 Å². The molecule has 0 N–H and O–H groups in total. The first-order valence-electron chi connectivity index (χ1n) is 7.24. The quantitative estimate of drug-likeness (QED) is 0.794. The summed E-state index contributed by atoms with van der Waals surface area (Å²) in [5, 5.41) is 0. The van der Waals surface area contributed by atoms with Gasteiger partial charge in [0.2, 0.25) is 11.8 Å². The Labute approximate surface area is 138 Å². The van der Waals surface area contributed by atoms with Crippen LogP contribution in [0, 0.1) is 0 Å². The summed E-state index contributed by atoms with van der Waals surface area (Å²) in [4.78, 5) is 28.5. The van der Waals surface area contributed by atoms with Gasteiger partial charge in [0.1, 0.15) is 6.04 Å². The summed E-state index contributed by atoms with van der Waals surface area (Å²) in [6.07, 6.45) is 3.37. The molecule has 0 spiro atoms. The summed E-state index contributed by atoms with van der Waals surface area (Å²) in [6, 6.07) is 9.41. The van der Waals surface area contributed by atoms with E-state index in [-0.39, 0.29) is 17.9 Å². The van der Waals surface area contributed by atoms with E-state index in [0.29, 0.717) is 11.6 Å². The van der Waals surface area contributed by atoms with E-state index in [1.54, 1.807) is 40.6 Å². The van der Waals surface area contributed by atoms with Crippen molar-refractivity contribution in [1.82, 2.24) is 9.80 Å². The second-order valence-electron chi connectivity index (χ2n) is 5.21. The maximum atomic E-state index is 12.5. The molecule has 1 aromatic rings. The van der Waals surface area contributed by atoms with E-state index in [9.17, 15) is 9.59 Å². The molecule has 0 aromatic heterocycles. The van der Waals surface area contributed by atoms with E-state index in [4.69, 9.17) is 0 Å². The van der Waals surface area contributed by atoms with Gasteiger partial charge in [0, 0.05) is 24.1 Å². The van der Waals surface area contributed by atoms with Crippen molar-refractivity contribution in [2.75, 3.05) is 29.8 Å². The average Bonchev–Trinajstić information content (AvgIpc) is 3.24. The molecule has 0 bridgehead atoms. The number of hydrogen-bond donors (Lipinski definition) is 0. The van der Waals surface area contributed by atoms with Crippen LogP contribution in [-0.2, 0) is 9.59 Å². The topological polar surface area (TPSA) is 40.6 Å². The third-order valence-corrected chi connectivity index (χ3v) is 5.71. The maximum absolute atomic E-state index is 12.5. The molecule has 0 saturated carbocycles. The molecule has 22 heavy (non-hydrogen) atoms. The van der Waals surface area contributed by atoms with E-state index in [0.717, 1.165) is 23.7 Å². The largest absolute Gasteiger partial charge is 0.331 e. The molecule has 2 fully saturated rings. The van der Waals surface area contributed by atoms with Gasteiger partial charge in [-0.15, -0.1) is 23.5 Å². The van der Waals surface area contributed by atoms with Crippen molar-refractivity contribution in [3.63, 3.8) is 0 Å². The Morgan fingerprint density at radius 1 is 1.14 bits per heavy atom. The lowest BCUT2D eigenvalue weighted by Gasteiger charge is -2.25. The lowest BCUT2D eigenvalue weighted by molar-refractivity contribution is -0.140. The summed E-state index contributed by atoms with van der Waals surface area (Å²) < 4.78 is 0. The van der Waals surface area contributed by atoms with E-state index < -0.39 is 0 Å². The Hall–Kier alpha value is -1.40. The van der Waals surface area contributed by atoms with Crippen LogP contribution in [0.25, 0.3) is 6.08 Å². The van der Waals surface area contributed by atoms with Crippen molar-refractivity contribution in [2.24, 2.45) is 0 Å². The van der Waals surface area contributed by atoms with Gasteiger partial charge in [-0.25, -0.2) is 0 Å². The molecule has 116 valence electrons. The molecular weight excluding hydrogens is 316 g/mol. The second kappa shape index (κ2) is 7.24. The number of thioether (sulfide) groups is 2. The molecule has 6 heteroatoms. The highest BCUT2D eigenvalue weighted by molar-refractivity contribution is 7.99. The first-order chi connectivity index (χ1) is 10.8. The fourth-order valence-electron chi connectivity index (χ4n) is 2.49. The van der Waals surface area contributed by atoms with Crippen molar-refractivity contribution in [2.45, 2.75) is 6.04 Å². The predicted molar refractivity (Wildman–Crippen MR) is 92.5 cm³/mol. The summed E-state index contributed by atoms with van der Waals surface area (Å²) in [5.74, 6) is 3.05. The minimum absolute atomic E-state index is 0.0842. The van der Waals surface area contributed by atoms with Crippen molar-refractivity contribution in [3.05, 3.63) is 42.0 Å². The standard InChI is InChI=1S/C16H18N2O2S2/c19-15(7-6-13-4-2-1-3-5-13)18-12-22-10-14(18)16(20)17-8-9-21-11-17/h1-7,14H,8-12H2. The number of hydrogen-bond acceptors (Lipinski definition) is 4. The average molecular weight is 334 g/mol.